The highest BCUT2D eigenvalue weighted by molar-refractivity contribution is 5.58. The lowest BCUT2D eigenvalue weighted by molar-refractivity contribution is -0.384. The van der Waals surface area contributed by atoms with Crippen LogP contribution < -0.4 is 16.6 Å². The zero-order valence-electron chi connectivity index (χ0n) is 9.84. The molecule has 9 nitrogen and oxygen atoms in total. The molecule has 0 bridgehead atoms. The van der Waals surface area contributed by atoms with Crippen molar-refractivity contribution in [1.29, 1.82) is 0 Å². The van der Waals surface area contributed by atoms with E-state index in [4.69, 9.17) is 10.6 Å². The molecule has 1 saturated heterocycles. The van der Waals surface area contributed by atoms with Crippen LogP contribution in [0, 0.1) is 10.1 Å². The predicted octanol–water partition coefficient (Wildman–Crippen LogP) is 0.261. The van der Waals surface area contributed by atoms with Gasteiger partial charge in [-0.1, -0.05) is 0 Å². The SMILES string of the molecule is CC1(Nc2nc(NN)ncc2[N+](=O)[O-])CCOC1. The monoisotopic (exact) mass is 254 g/mol. The predicted molar refractivity (Wildman–Crippen MR) is 64.0 cm³/mol. The molecule has 0 spiro atoms. The van der Waals surface area contributed by atoms with Gasteiger partial charge in [-0.15, -0.1) is 0 Å². The van der Waals surface area contributed by atoms with E-state index in [9.17, 15) is 10.1 Å². The third kappa shape index (κ3) is 2.46. The van der Waals surface area contributed by atoms with Crippen LogP contribution in [0.3, 0.4) is 0 Å². The van der Waals surface area contributed by atoms with Gasteiger partial charge in [-0.2, -0.15) is 4.98 Å². The minimum absolute atomic E-state index is 0.116. The Balaban J connectivity index is 2.31. The van der Waals surface area contributed by atoms with Crippen LogP contribution in [0.15, 0.2) is 6.20 Å². The van der Waals surface area contributed by atoms with Gasteiger partial charge < -0.3 is 10.1 Å². The first-order chi connectivity index (χ1) is 8.54. The Morgan fingerprint density at radius 3 is 3.00 bits per heavy atom. The van der Waals surface area contributed by atoms with Gasteiger partial charge in [0.2, 0.25) is 11.8 Å². The second-order valence-electron chi connectivity index (χ2n) is 4.32. The fourth-order valence-corrected chi connectivity index (χ4v) is 1.72. The van der Waals surface area contributed by atoms with Gasteiger partial charge in [0.25, 0.3) is 0 Å². The van der Waals surface area contributed by atoms with Gasteiger partial charge in [0.05, 0.1) is 17.1 Å². The van der Waals surface area contributed by atoms with Gasteiger partial charge >= 0.3 is 5.69 Å². The molecule has 1 aromatic rings. The van der Waals surface area contributed by atoms with E-state index in [1.54, 1.807) is 0 Å². The van der Waals surface area contributed by atoms with Gasteiger partial charge in [-0.05, 0) is 13.3 Å². The Bertz CT molecular complexity index is 460. The number of hydrogen-bond acceptors (Lipinski definition) is 8. The van der Waals surface area contributed by atoms with Crippen molar-refractivity contribution in [1.82, 2.24) is 9.97 Å². The fourth-order valence-electron chi connectivity index (χ4n) is 1.72. The van der Waals surface area contributed by atoms with E-state index >= 15 is 0 Å². The number of anilines is 2. The van der Waals surface area contributed by atoms with E-state index in [2.05, 4.69) is 20.7 Å². The molecule has 2 heterocycles. The van der Waals surface area contributed by atoms with E-state index in [1.165, 1.54) is 0 Å². The largest absolute Gasteiger partial charge is 0.379 e. The number of hydrazine groups is 1. The smallest absolute Gasteiger partial charge is 0.329 e. The number of nitrogens with one attached hydrogen (secondary N) is 2. The molecule has 4 N–H and O–H groups in total. The molecule has 1 fully saturated rings. The molecular formula is C9H14N6O3. The average molecular weight is 254 g/mol. The number of ether oxygens (including phenoxy) is 1. The molecule has 0 aromatic carbocycles. The molecule has 0 radical (unpaired) electrons. The molecule has 1 aliphatic heterocycles. The number of nitrogens with two attached hydrogens (primary N) is 1. The number of nitrogen functional groups attached to an aromatic ring is 1. The van der Waals surface area contributed by atoms with Gasteiger partial charge in [-0.3, -0.25) is 15.5 Å². The zero-order valence-corrected chi connectivity index (χ0v) is 9.84. The van der Waals surface area contributed by atoms with E-state index in [-0.39, 0.29) is 23.0 Å². The van der Waals surface area contributed by atoms with Crippen LogP contribution in [0.1, 0.15) is 13.3 Å². The van der Waals surface area contributed by atoms with Crippen LogP contribution in [0.4, 0.5) is 17.5 Å². The minimum atomic E-state index is -0.540. The number of nitro groups is 1. The summed E-state index contributed by atoms with van der Waals surface area (Å²) < 4.78 is 5.27. The van der Waals surface area contributed by atoms with Gasteiger partial charge in [0.1, 0.15) is 6.20 Å². The molecule has 2 rings (SSSR count). The van der Waals surface area contributed by atoms with Crippen LogP contribution in [0.2, 0.25) is 0 Å². The molecule has 9 heteroatoms. The maximum absolute atomic E-state index is 10.9. The number of nitrogens with zero attached hydrogens (tertiary/aromatic N) is 3. The molecule has 0 amide bonds. The summed E-state index contributed by atoms with van der Waals surface area (Å²) in [7, 11) is 0. The van der Waals surface area contributed by atoms with E-state index in [0.717, 1.165) is 12.6 Å². The van der Waals surface area contributed by atoms with Crippen molar-refractivity contribution in [2.24, 2.45) is 5.84 Å². The molecule has 1 aromatic heterocycles. The number of aromatic nitrogens is 2. The fraction of sp³-hybridized carbons (Fsp3) is 0.556. The molecule has 0 saturated carbocycles. The summed E-state index contributed by atoms with van der Waals surface area (Å²) in [5, 5.41) is 13.9. The Morgan fingerprint density at radius 1 is 1.67 bits per heavy atom. The van der Waals surface area contributed by atoms with Gasteiger partial charge in [-0.25, -0.2) is 10.8 Å². The summed E-state index contributed by atoms with van der Waals surface area (Å²) in [6.07, 6.45) is 1.86. The molecule has 0 aliphatic carbocycles. The molecule has 1 atom stereocenters. The van der Waals surface area contributed by atoms with Crippen LogP contribution in [-0.4, -0.2) is 33.6 Å². The van der Waals surface area contributed by atoms with Crippen molar-refractivity contribution < 1.29 is 9.66 Å². The minimum Gasteiger partial charge on any atom is -0.379 e. The molecular weight excluding hydrogens is 240 g/mol. The first-order valence-electron chi connectivity index (χ1n) is 5.38. The third-order valence-corrected chi connectivity index (χ3v) is 2.73. The first-order valence-corrected chi connectivity index (χ1v) is 5.38. The normalized spacial score (nSPS) is 22.8. The number of hydrogen-bond donors (Lipinski definition) is 3. The zero-order chi connectivity index (χ0) is 13.2. The maximum Gasteiger partial charge on any atom is 0.329 e. The Hall–Kier alpha value is -2.00. The lowest BCUT2D eigenvalue weighted by Crippen LogP contribution is -2.35. The molecule has 18 heavy (non-hydrogen) atoms. The summed E-state index contributed by atoms with van der Waals surface area (Å²) in [5.41, 5.74) is 1.69. The highest BCUT2D eigenvalue weighted by Crippen LogP contribution is 2.28. The van der Waals surface area contributed by atoms with Crippen molar-refractivity contribution in [3.8, 4) is 0 Å². The maximum atomic E-state index is 10.9. The van der Waals surface area contributed by atoms with E-state index in [0.29, 0.717) is 13.2 Å². The van der Waals surface area contributed by atoms with E-state index in [1.807, 2.05) is 6.92 Å². The second kappa shape index (κ2) is 4.70. The van der Waals surface area contributed by atoms with Crippen LogP contribution in [0.5, 0.6) is 0 Å². The van der Waals surface area contributed by atoms with Crippen molar-refractivity contribution >= 4 is 17.5 Å². The highest BCUT2D eigenvalue weighted by atomic mass is 16.6. The Morgan fingerprint density at radius 2 is 2.44 bits per heavy atom. The standard InChI is InChI=1S/C9H14N6O3/c1-9(2-3-18-5-9)13-7-6(15(16)17)4-11-8(12-7)14-10/h4H,2-3,5,10H2,1H3,(H2,11,12,13,14). The average Bonchev–Trinajstić information content (AvgIpc) is 2.75. The third-order valence-electron chi connectivity index (χ3n) is 2.73. The Kier molecular flexibility index (Phi) is 3.26. The van der Waals surface area contributed by atoms with Crippen LogP contribution in [-0.2, 0) is 4.74 Å². The number of rotatable bonds is 4. The highest BCUT2D eigenvalue weighted by Gasteiger charge is 2.32. The summed E-state index contributed by atoms with van der Waals surface area (Å²) in [4.78, 5) is 18.0. The van der Waals surface area contributed by atoms with Crippen LogP contribution in [0.25, 0.3) is 0 Å². The van der Waals surface area contributed by atoms with Gasteiger partial charge in [0, 0.05) is 6.61 Å². The lowest BCUT2D eigenvalue weighted by Gasteiger charge is -2.23. The summed E-state index contributed by atoms with van der Waals surface area (Å²) in [6.45, 7) is 3.01. The second-order valence-corrected chi connectivity index (χ2v) is 4.32. The lowest BCUT2D eigenvalue weighted by atomic mass is 10.0. The topological polar surface area (TPSA) is 128 Å². The van der Waals surface area contributed by atoms with Gasteiger partial charge in [0.15, 0.2) is 0 Å². The van der Waals surface area contributed by atoms with Crippen molar-refractivity contribution in [3.05, 3.63) is 16.3 Å². The van der Waals surface area contributed by atoms with Crippen LogP contribution >= 0.6 is 0 Å². The summed E-state index contributed by atoms with van der Waals surface area (Å²) >= 11 is 0. The quantitative estimate of drug-likeness (QED) is 0.396. The first kappa shape index (κ1) is 12.5. The summed E-state index contributed by atoms with van der Waals surface area (Å²) in [6, 6.07) is 0. The molecule has 1 unspecified atom stereocenters. The van der Waals surface area contributed by atoms with Crippen molar-refractivity contribution in [2.75, 3.05) is 24.0 Å². The Labute approximate surface area is 103 Å². The molecule has 98 valence electrons. The van der Waals surface area contributed by atoms with E-state index < -0.39 is 4.92 Å². The van der Waals surface area contributed by atoms with Crippen molar-refractivity contribution in [3.63, 3.8) is 0 Å². The molecule has 1 aliphatic rings. The summed E-state index contributed by atoms with van der Waals surface area (Å²) in [5.74, 6) is 5.44. The van der Waals surface area contributed by atoms with Crippen molar-refractivity contribution in [2.45, 2.75) is 18.9 Å².